The number of hydrogen-bond donors (Lipinski definition) is 2. The molecule has 4 rings (SSSR count). The van der Waals surface area contributed by atoms with Gasteiger partial charge in [-0.3, -0.25) is 4.99 Å². The van der Waals surface area contributed by atoms with Crippen LogP contribution in [0.5, 0.6) is 11.5 Å². The summed E-state index contributed by atoms with van der Waals surface area (Å²) in [6, 6.07) is 12.6. The van der Waals surface area contributed by atoms with Crippen molar-refractivity contribution in [1.29, 1.82) is 0 Å². The number of aliphatic imine (C=N–C) groups is 1. The van der Waals surface area contributed by atoms with E-state index in [0.29, 0.717) is 50.9 Å². The summed E-state index contributed by atoms with van der Waals surface area (Å²) in [7, 11) is 2.09. The summed E-state index contributed by atoms with van der Waals surface area (Å²) >= 11 is 0. The van der Waals surface area contributed by atoms with Crippen LogP contribution in [0.3, 0.4) is 0 Å². The number of nitrogens with zero attached hydrogens (tertiary/aromatic N) is 2. The molecule has 1 fully saturated rings. The van der Waals surface area contributed by atoms with Gasteiger partial charge in [0.1, 0.15) is 5.82 Å². The average Bonchev–Trinajstić information content (AvgIpc) is 3.04. The molecule has 7 nitrogen and oxygen atoms in total. The summed E-state index contributed by atoms with van der Waals surface area (Å²) in [5.74, 6) is 1.89. The highest BCUT2D eigenvalue weighted by molar-refractivity contribution is 14.0. The lowest BCUT2D eigenvalue weighted by Crippen LogP contribution is -2.42. The van der Waals surface area contributed by atoms with E-state index in [1.165, 1.54) is 6.07 Å². The van der Waals surface area contributed by atoms with E-state index in [2.05, 4.69) is 22.6 Å². The topological polar surface area (TPSA) is 67.4 Å². The van der Waals surface area contributed by atoms with Gasteiger partial charge in [0.05, 0.1) is 32.5 Å². The molecule has 2 aliphatic rings. The summed E-state index contributed by atoms with van der Waals surface area (Å²) in [5, 5.41) is 6.66. The number of ether oxygens (including phenoxy) is 3. The standard InChI is InChI=1S/C24H31FN4O3.HI/c1-29-11-14-30-20(17-29)16-27-24(26-10-9-18-5-2-3-6-21(18)25)28-19-7-8-22-23(15-19)32-13-4-12-31-22;/h2-3,5-8,15,20H,4,9-14,16-17H2,1H3,(H2,26,27,28);1H. The normalized spacial score (nSPS) is 18.7. The van der Waals surface area contributed by atoms with Crippen molar-refractivity contribution >= 4 is 35.6 Å². The van der Waals surface area contributed by atoms with Gasteiger partial charge in [-0.05, 0) is 37.2 Å². The molecule has 0 aromatic heterocycles. The first-order valence-corrected chi connectivity index (χ1v) is 11.2. The van der Waals surface area contributed by atoms with Crippen molar-refractivity contribution in [3.05, 3.63) is 53.8 Å². The summed E-state index contributed by atoms with van der Waals surface area (Å²) in [6.45, 7) is 4.85. The van der Waals surface area contributed by atoms with Crippen LogP contribution in [-0.2, 0) is 11.2 Å². The lowest BCUT2D eigenvalue weighted by atomic mass is 10.1. The van der Waals surface area contributed by atoms with Crippen molar-refractivity contribution in [1.82, 2.24) is 10.2 Å². The molecule has 9 heteroatoms. The molecular formula is C24H32FIN4O3. The van der Waals surface area contributed by atoms with Crippen molar-refractivity contribution in [3.8, 4) is 11.5 Å². The first-order chi connectivity index (χ1) is 15.7. The third-order valence-electron chi connectivity index (χ3n) is 5.45. The minimum Gasteiger partial charge on any atom is -0.490 e. The third-order valence-corrected chi connectivity index (χ3v) is 5.45. The molecule has 0 spiro atoms. The smallest absolute Gasteiger partial charge is 0.195 e. The Labute approximate surface area is 211 Å². The van der Waals surface area contributed by atoms with Crippen LogP contribution in [0.1, 0.15) is 12.0 Å². The number of benzene rings is 2. The molecule has 180 valence electrons. The average molecular weight is 570 g/mol. The molecule has 0 radical (unpaired) electrons. The monoisotopic (exact) mass is 570 g/mol. The number of rotatable bonds is 6. The summed E-state index contributed by atoms with van der Waals surface area (Å²) < 4.78 is 31.3. The summed E-state index contributed by atoms with van der Waals surface area (Å²) in [5.41, 5.74) is 1.51. The van der Waals surface area contributed by atoms with Crippen molar-refractivity contribution < 1.29 is 18.6 Å². The van der Waals surface area contributed by atoms with Gasteiger partial charge in [0.25, 0.3) is 0 Å². The van der Waals surface area contributed by atoms with E-state index in [9.17, 15) is 4.39 Å². The zero-order valence-corrected chi connectivity index (χ0v) is 21.2. The van der Waals surface area contributed by atoms with Gasteiger partial charge >= 0.3 is 0 Å². The van der Waals surface area contributed by atoms with Gasteiger partial charge in [-0.15, -0.1) is 24.0 Å². The maximum atomic E-state index is 14.0. The predicted molar refractivity (Wildman–Crippen MR) is 139 cm³/mol. The molecule has 1 unspecified atom stereocenters. The Bertz CT molecular complexity index is 930. The van der Waals surface area contributed by atoms with Crippen LogP contribution in [-0.4, -0.2) is 70.0 Å². The zero-order valence-electron chi connectivity index (χ0n) is 18.9. The van der Waals surface area contributed by atoms with Gasteiger partial charge in [-0.25, -0.2) is 4.39 Å². The number of anilines is 1. The van der Waals surface area contributed by atoms with Gasteiger partial charge in [0.15, 0.2) is 17.5 Å². The molecule has 33 heavy (non-hydrogen) atoms. The zero-order chi connectivity index (χ0) is 22.2. The number of nitrogens with one attached hydrogen (secondary N) is 2. The molecule has 2 aromatic rings. The number of halogens is 2. The van der Waals surface area contributed by atoms with Crippen LogP contribution in [0, 0.1) is 5.82 Å². The van der Waals surface area contributed by atoms with Crippen molar-refractivity contribution in [3.63, 3.8) is 0 Å². The fraction of sp³-hybridized carbons (Fsp3) is 0.458. The number of morpholine rings is 1. The van der Waals surface area contributed by atoms with Crippen LogP contribution in [0.2, 0.25) is 0 Å². The first kappa shape index (κ1) is 25.5. The molecule has 0 amide bonds. The Morgan fingerprint density at radius 2 is 1.94 bits per heavy atom. The summed E-state index contributed by atoms with van der Waals surface area (Å²) in [6.07, 6.45) is 1.46. The Balaban J connectivity index is 0.00000306. The number of guanidine groups is 1. The van der Waals surface area contributed by atoms with Gasteiger partial charge in [-0.2, -0.15) is 0 Å². The van der Waals surface area contributed by atoms with E-state index in [4.69, 9.17) is 19.2 Å². The lowest BCUT2D eigenvalue weighted by Gasteiger charge is -2.29. The number of hydrogen-bond acceptors (Lipinski definition) is 5. The lowest BCUT2D eigenvalue weighted by molar-refractivity contribution is -0.0136. The minimum atomic E-state index is -0.192. The van der Waals surface area contributed by atoms with E-state index >= 15 is 0 Å². The minimum absolute atomic E-state index is 0. The first-order valence-electron chi connectivity index (χ1n) is 11.2. The van der Waals surface area contributed by atoms with Crippen LogP contribution < -0.4 is 20.1 Å². The highest BCUT2D eigenvalue weighted by Crippen LogP contribution is 2.32. The molecule has 0 aliphatic carbocycles. The molecule has 2 heterocycles. The second kappa shape index (κ2) is 13.0. The maximum Gasteiger partial charge on any atom is 0.195 e. The Kier molecular flexibility index (Phi) is 10.0. The Hall–Kier alpha value is -2.11. The van der Waals surface area contributed by atoms with Crippen LogP contribution >= 0.6 is 24.0 Å². The molecule has 0 saturated carbocycles. The van der Waals surface area contributed by atoms with Crippen LogP contribution in [0.15, 0.2) is 47.5 Å². The van der Waals surface area contributed by atoms with Gasteiger partial charge in [0, 0.05) is 37.8 Å². The highest BCUT2D eigenvalue weighted by Gasteiger charge is 2.18. The molecule has 1 saturated heterocycles. The van der Waals surface area contributed by atoms with Crippen molar-refractivity contribution in [2.24, 2.45) is 4.99 Å². The quantitative estimate of drug-likeness (QED) is 0.315. The van der Waals surface area contributed by atoms with Gasteiger partial charge in [0.2, 0.25) is 0 Å². The highest BCUT2D eigenvalue weighted by atomic mass is 127. The molecule has 2 aliphatic heterocycles. The molecule has 2 N–H and O–H groups in total. The van der Waals surface area contributed by atoms with E-state index in [1.54, 1.807) is 12.1 Å². The molecule has 1 atom stereocenters. The number of fused-ring (bicyclic) bond motifs is 1. The van der Waals surface area contributed by atoms with Gasteiger partial charge < -0.3 is 29.7 Å². The van der Waals surface area contributed by atoms with Crippen molar-refractivity contribution in [2.75, 3.05) is 58.4 Å². The second-order valence-electron chi connectivity index (χ2n) is 8.05. The molecule has 2 aromatic carbocycles. The largest absolute Gasteiger partial charge is 0.490 e. The van der Waals surface area contributed by atoms with E-state index < -0.39 is 0 Å². The maximum absolute atomic E-state index is 14.0. The predicted octanol–water partition coefficient (Wildman–Crippen LogP) is 3.54. The fourth-order valence-corrected chi connectivity index (χ4v) is 3.70. The fourth-order valence-electron chi connectivity index (χ4n) is 3.70. The SMILES string of the molecule is CN1CCOC(CN=C(NCCc2ccccc2F)Nc2ccc3c(c2)OCCCO3)C1.I. The third kappa shape index (κ3) is 7.72. The Morgan fingerprint density at radius 1 is 1.12 bits per heavy atom. The van der Waals surface area contributed by atoms with E-state index in [0.717, 1.165) is 36.7 Å². The van der Waals surface area contributed by atoms with Gasteiger partial charge in [-0.1, -0.05) is 18.2 Å². The second-order valence-corrected chi connectivity index (χ2v) is 8.05. The Morgan fingerprint density at radius 3 is 2.76 bits per heavy atom. The van der Waals surface area contributed by atoms with E-state index in [1.807, 2.05) is 24.3 Å². The van der Waals surface area contributed by atoms with Crippen molar-refractivity contribution in [2.45, 2.75) is 18.9 Å². The number of likely N-dealkylation sites (N-methyl/N-ethyl adjacent to an activating group) is 1. The molecule has 0 bridgehead atoms. The van der Waals surface area contributed by atoms with Crippen LogP contribution in [0.25, 0.3) is 0 Å². The van der Waals surface area contributed by atoms with E-state index in [-0.39, 0.29) is 35.9 Å². The van der Waals surface area contributed by atoms with Crippen LogP contribution in [0.4, 0.5) is 10.1 Å². The molecular weight excluding hydrogens is 538 g/mol. The summed E-state index contributed by atoms with van der Waals surface area (Å²) in [4.78, 5) is 6.98.